The molecule has 0 atom stereocenters. The largest absolute Gasteiger partial charge is 0.306 e. The lowest BCUT2D eigenvalue weighted by Crippen LogP contribution is -1.95. The van der Waals surface area contributed by atoms with Crippen molar-refractivity contribution >= 4 is 54.3 Å². The van der Waals surface area contributed by atoms with Crippen molar-refractivity contribution in [1.82, 2.24) is 14.5 Å². The number of pyridine rings is 2. The SMILES string of the molecule is c1ccc(-c2c3c(c(-c4ccccc4)c4ccccc24)-c2ccc(-c4ccc(-n5c6cnccc6c6c7ccccc7ncc65)cc4)c4cccc-3c24)cc1. The summed E-state index contributed by atoms with van der Waals surface area (Å²) < 4.78 is 2.30. The van der Waals surface area contributed by atoms with Gasteiger partial charge in [-0.25, -0.2) is 0 Å². The number of hydrogen-bond acceptors (Lipinski definition) is 2. The normalized spacial score (nSPS) is 12.0. The fourth-order valence-electron chi connectivity index (χ4n) is 9.42. The number of rotatable bonds is 4. The molecule has 1 aliphatic rings. The van der Waals surface area contributed by atoms with Crippen molar-refractivity contribution in [2.45, 2.75) is 0 Å². The van der Waals surface area contributed by atoms with Crippen molar-refractivity contribution in [1.29, 1.82) is 0 Å². The summed E-state index contributed by atoms with van der Waals surface area (Å²) in [5, 5.41) is 8.66. The van der Waals surface area contributed by atoms with Crippen LogP contribution in [0.15, 0.2) is 188 Å². The monoisotopic (exact) mass is 697 g/mol. The Morgan fingerprint density at radius 2 is 0.945 bits per heavy atom. The second kappa shape index (κ2) is 11.6. The van der Waals surface area contributed by atoms with Crippen LogP contribution in [0, 0.1) is 0 Å². The van der Waals surface area contributed by atoms with Crippen LogP contribution < -0.4 is 0 Å². The summed E-state index contributed by atoms with van der Waals surface area (Å²) in [7, 11) is 0. The molecule has 3 heterocycles. The molecule has 3 nitrogen and oxygen atoms in total. The Bertz CT molecular complexity index is 3250. The van der Waals surface area contributed by atoms with Crippen molar-refractivity contribution in [3.05, 3.63) is 188 Å². The van der Waals surface area contributed by atoms with Crippen molar-refractivity contribution < 1.29 is 0 Å². The van der Waals surface area contributed by atoms with E-state index in [4.69, 9.17) is 4.98 Å². The van der Waals surface area contributed by atoms with Gasteiger partial charge in [-0.05, 0) is 101 Å². The Hall–Kier alpha value is -7.36. The molecule has 0 spiro atoms. The van der Waals surface area contributed by atoms with E-state index in [1.165, 1.54) is 88.0 Å². The molecule has 0 aliphatic heterocycles. The van der Waals surface area contributed by atoms with E-state index >= 15 is 0 Å². The molecule has 0 unspecified atom stereocenters. The van der Waals surface area contributed by atoms with Crippen molar-refractivity contribution in [3.8, 4) is 61.3 Å². The van der Waals surface area contributed by atoms with Crippen LogP contribution in [0.5, 0.6) is 0 Å². The molecule has 3 aromatic heterocycles. The second-order valence-corrected chi connectivity index (χ2v) is 14.5. The van der Waals surface area contributed by atoms with E-state index < -0.39 is 0 Å². The Labute approximate surface area is 317 Å². The maximum Gasteiger partial charge on any atom is 0.0731 e. The molecule has 0 bridgehead atoms. The van der Waals surface area contributed by atoms with Crippen molar-refractivity contribution in [2.75, 3.05) is 0 Å². The first kappa shape index (κ1) is 30.1. The third-order valence-corrected chi connectivity index (χ3v) is 11.7. The van der Waals surface area contributed by atoms with Gasteiger partial charge in [0.15, 0.2) is 0 Å². The van der Waals surface area contributed by atoms with Crippen LogP contribution in [-0.2, 0) is 0 Å². The Kier molecular flexibility index (Phi) is 6.34. The molecule has 0 amide bonds. The van der Waals surface area contributed by atoms with Gasteiger partial charge in [0, 0.05) is 28.0 Å². The zero-order valence-electron chi connectivity index (χ0n) is 29.7. The van der Waals surface area contributed by atoms with Crippen LogP contribution in [0.25, 0.3) is 116 Å². The highest BCUT2D eigenvalue weighted by molar-refractivity contribution is 6.29. The number of nitrogens with zero attached hydrogens (tertiary/aromatic N) is 3. The van der Waals surface area contributed by atoms with E-state index in [9.17, 15) is 0 Å². The molecule has 8 aromatic carbocycles. The van der Waals surface area contributed by atoms with Gasteiger partial charge in [-0.3, -0.25) is 9.97 Å². The minimum absolute atomic E-state index is 0.996. The molecule has 12 rings (SSSR count). The highest BCUT2D eigenvalue weighted by atomic mass is 15.0. The van der Waals surface area contributed by atoms with E-state index in [2.05, 4.69) is 173 Å². The van der Waals surface area contributed by atoms with E-state index in [0.717, 1.165) is 27.6 Å². The molecule has 0 N–H and O–H groups in total. The third-order valence-electron chi connectivity index (χ3n) is 11.7. The van der Waals surface area contributed by atoms with Gasteiger partial charge >= 0.3 is 0 Å². The van der Waals surface area contributed by atoms with Gasteiger partial charge in [-0.1, -0.05) is 146 Å². The molecular weight excluding hydrogens is 667 g/mol. The fourth-order valence-corrected chi connectivity index (χ4v) is 9.42. The number of aromatic nitrogens is 3. The number of fused-ring (bicyclic) bond motifs is 9. The molecule has 0 saturated carbocycles. The molecule has 3 heteroatoms. The first-order valence-electron chi connectivity index (χ1n) is 18.8. The molecule has 0 radical (unpaired) electrons. The van der Waals surface area contributed by atoms with Crippen LogP contribution in [0.3, 0.4) is 0 Å². The van der Waals surface area contributed by atoms with Crippen LogP contribution in [0.1, 0.15) is 0 Å². The Morgan fingerprint density at radius 1 is 0.345 bits per heavy atom. The maximum atomic E-state index is 4.86. The molecular formula is C52H31N3. The standard InChI is InChI=1S/C52H31N3/c1-3-12-33(13-4-1)47-38-16-7-8-17-39(38)48(34-14-5-2-6-15-34)52-43-27-26-36(37-19-11-20-42(49(37)43)51(47)52)32-22-24-35(25-23-32)55-45-30-53-29-28-41(45)50-40-18-9-10-21-44(40)54-31-46(50)55/h1-31H. The average molecular weight is 698 g/mol. The van der Waals surface area contributed by atoms with Crippen molar-refractivity contribution in [2.24, 2.45) is 0 Å². The zero-order chi connectivity index (χ0) is 36.0. The van der Waals surface area contributed by atoms with Gasteiger partial charge < -0.3 is 4.57 Å². The van der Waals surface area contributed by atoms with Gasteiger partial charge in [0.1, 0.15) is 0 Å². The molecule has 55 heavy (non-hydrogen) atoms. The van der Waals surface area contributed by atoms with Gasteiger partial charge in [0.05, 0.1) is 28.9 Å². The highest BCUT2D eigenvalue weighted by Crippen LogP contribution is 2.58. The smallest absolute Gasteiger partial charge is 0.0731 e. The zero-order valence-corrected chi connectivity index (χ0v) is 29.7. The van der Waals surface area contributed by atoms with Crippen LogP contribution in [0.4, 0.5) is 0 Å². The Balaban J connectivity index is 1.08. The summed E-state index contributed by atoms with van der Waals surface area (Å²) >= 11 is 0. The number of benzene rings is 8. The molecule has 254 valence electrons. The van der Waals surface area contributed by atoms with E-state index in [-0.39, 0.29) is 0 Å². The van der Waals surface area contributed by atoms with Gasteiger partial charge in [0.2, 0.25) is 0 Å². The minimum atomic E-state index is 0.996. The molecule has 11 aromatic rings. The lowest BCUT2D eigenvalue weighted by Gasteiger charge is -2.20. The summed E-state index contributed by atoms with van der Waals surface area (Å²) in [5.41, 5.74) is 16.9. The number of hydrogen-bond donors (Lipinski definition) is 0. The van der Waals surface area contributed by atoms with E-state index in [1.54, 1.807) is 0 Å². The van der Waals surface area contributed by atoms with Gasteiger partial charge in [-0.2, -0.15) is 0 Å². The van der Waals surface area contributed by atoms with Crippen LogP contribution >= 0.6 is 0 Å². The molecule has 0 saturated heterocycles. The van der Waals surface area contributed by atoms with Gasteiger partial charge in [0.25, 0.3) is 0 Å². The topological polar surface area (TPSA) is 30.7 Å². The fraction of sp³-hybridized carbons (Fsp3) is 0. The second-order valence-electron chi connectivity index (χ2n) is 14.5. The minimum Gasteiger partial charge on any atom is -0.306 e. The third kappa shape index (κ3) is 4.26. The predicted octanol–water partition coefficient (Wildman–Crippen LogP) is 13.7. The summed E-state index contributed by atoms with van der Waals surface area (Å²) in [6, 6.07) is 61.9. The molecule has 0 fully saturated rings. The first-order valence-corrected chi connectivity index (χ1v) is 18.8. The van der Waals surface area contributed by atoms with E-state index in [0.29, 0.717) is 0 Å². The highest BCUT2D eigenvalue weighted by Gasteiger charge is 2.31. The predicted molar refractivity (Wildman–Crippen MR) is 230 cm³/mol. The molecule has 1 aliphatic carbocycles. The summed E-state index contributed by atoms with van der Waals surface area (Å²) in [6.45, 7) is 0. The van der Waals surface area contributed by atoms with Crippen molar-refractivity contribution in [3.63, 3.8) is 0 Å². The summed E-state index contributed by atoms with van der Waals surface area (Å²) in [5.74, 6) is 0. The average Bonchev–Trinajstić information content (AvgIpc) is 3.78. The lowest BCUT2D eigenvalue weighted by atomic mass is 9.82. The quantitative estimate of drug-likeness (QED) is 0.183. The number of para-hydroxylation sites is 1. The van der Waals surface area contributed by atoms with E-state index in [1.807, 2.05) is 24.7 Å². The lowest BCUT2D eigenvalue weighted by molar-refractivity contribution is 1.16. The summed E-state index contributed by atoms with van der Waals surface area (Å²) in [6.07, 6.45) is 5.85. The van der Waals surface area contributed by atoms with Crippen LogP contribution in [-0.4, -0.2) is 14.5 Å². The Morgan fingerprint density at radius 3 is 1.65 bits per heavy atom. The van der Waals surface area contributed by atoms with Gasteiger partial charge in [-0.15, -0.1) is 0 Å². The maximum absolute atomic E-state index is 4.86. The first-order chi connectivity index (χ1) is 27.3. The van der Waals surface area contributed by atoms with Crippen LogP contribution in [0.2, 0.25) is 0 Å². The summed E-state index contributed by atoms with van der Waals surface area (Å²) in [4.78, 5) is 9.40.